The maximum absolute atomic E-state index is 12.1. The van der Waals surface area contributed by atoms with Crippen molar-refractivity contribution in [3.63, 3.8) is 0 Å². The maximum Gasteiger partial charge on any atom is 0.251 e. The van der Waals surface area contributed by atoms with Gasteiger partial charge in [-0.15, -0.1) is 0 Å². The first-order valence-electron chi connectivity index (χ1n) is 6.46. The Kier molecular flexibility index (Phi) is 4.85. The van der Waals surface area contributed by atoms with Crippen LogP contribution in [0.3, 0.4) is 0 Å². The lowest BCUT2D eigenvalue weighted by molar-refractivity contribution is 0.0940. The lowest BCUT2D eigenvalue weighted by Gasteiger charge is -2.14. The van der Waals surface area contributed by atoms with Crippen LogP contribution in [0.4, 0.5) is 0 Å². The third-order valence-corrected chi connectivity index (χ3v) is 4.31. The largest absolute Gasteiger partial charge is 0.346 e. The molecule has 0 spiro atoms. The lowest BCUT2D eigenvalue weighted by Crippen LogP contribution is -2.26. The van der Waals surface area contributed by atoms with E-state index in [0.717, 1.165) is 5.56 Å². The average Bonchev–Trinajstić information content (AvgIpc) is 2.46. The molecule has 3 N–H and O–H groups in total. The average molecular weight is 339 g/mol. The fraction of sp³-hybridized carbons (Fsp3) is 0.133. The molecule has 0 saturated heterocycles. The summed E-state index contributed by atoms with van der Waals surface area (Å²) in [6.07, 6.45) is 0. The van der Waals surface area contributed by atoms with Crippen LogP contribution in [-0.2, 0) is 10.0 Å². The van der Waals surface area contributed by atoms with Gasteiger partial charge in [-0.3, -0.25) is 4.79 Å². The maximum atomic E-state index is 12.1. The lowest BCUT2D eigenvalue weighted by atomic mass is 10.1. The van der Waals surface area contributed by atoms with Crippen molar-refractivity contribution in [2.75, 3.05) is 0 Å². The van der Waals surface area contributed by atoms with Crippen LogP contribution in [0.2, 0.25) is 5.02 Å². The Morgan fingerprint density at radius 3 is 2.36 bits per heavy atom. The molecule has 7 heteroatoms. The van der Waals surface area contributed by atoms with Crippen molar-refractivity contribution >= 4 is 27.5 Å². The smallest absolute Gasteiger partial charge is 0.251 e. The molecule has 0 aromatic heterocycles. The second-order valence-corrected chi connectivity index (χ2v) is 6.82. The van der Waals surface area contributed by atoms with Gasteiger partial charge >= 0.3 is 0 Å². The molecule has 116 valence electrons. The summed E-state index contributed by atoms with van der Waals surface area (Å²) in [6, 6.07) is 12.4. The van der Waals surface area contributed by atoms with E-state index < -0.39 is 10.0 Å². The number of nitrogens with two attached hydrogens (primary N) is 1. The van der Waals surface area contributed by atoms with Gasteiger partial charge in [-0.1, -0.05) is 23.7 Å². The van der Waals surface area contributed by atoms with Gasteiger partial charge < -0.3 is 5.32 Å². The molecule has 2 rings (SSSR count). The van der Waals surface area contributed by atoms with Crippen molar-refractivity contribution in [3.05, 3.63) is 64.7 Å². The van der Waals surface area contributed by atoms with E-state index in [2.05, 4.69) is 5.32 Å². The highest BCUT2D eigenvalue weighted by Crippen LogP contribution is 2.18. The highest BCUT2D eigenvalue weighted by atomic mass is 35.5. The number of halogens is 1. The van der Waals surface area contributed by atoms with Gasteiger partial charge in [0.1, 0.15) is 0 Å². The number of benzene rings is 2. The van der Waals surface area contributed by atoms with Gasteiger partial charge in [-0.05, 0) is 48.9 Å². The van der Waals surface area contributed by atoms with Gasteiger partial charge in [0.05, 0.1) is 10.9 Å². The molecule has 0 saturated carbocycles. The van der Waals surface area contributed by atoms with Crippen LogP contribution in [0.25, 0.3) is 0 Å². The summed E-state index contributed by atoms with van der Waals surface area (Å²) in [5, 5.41) is 8.43. The van der Waals surface area contributed by atoms with E-state index in [0.29, 0.717) is 10.6 Å². The topological polar surface area (TPSA) is 89.3 Å². The molecule has 5 nitrogen and oxygen atoms in total. The van der Waals surface area contributed by atoms with Crippen molar-refractivity contribution in [2.45, 2.75) is 17.9 Å². The Bertz CT molecular complexity index is 789. The molecule has 0 aliphatic heterocycles. The molecular weight excluding hydrogens is 324 g/mol. The van der Waals surface area contributed by atoms with Crippen LogP contribution >= 0.6 is 11.6 Å². The van der Waals surface area contributed by atoms with Crippen LogP contribution < -0.4 is 10.5 Å². The highest BCUT2D eigenvalue weighted by molar-refractivity contribution is 7.89. The monoisotopic (exact) mass is 338 g/mol. The predicted octanol–water partition coefficient (Wildman–Crippen LogP) is 2.48. The number of carbonyl (C=O) groups is 1. The second kappa shape index (κ2) is 6.48. The molecule has 2 aromatic rings. The third-order valence-electron chi connectivity index (χ3n) is 3.14. The minimum atomic E-state index is -3.76. The Labute approximate surface area is 134 Å². The van der Waals surface area contributed by atoms with Gasteiger partial charge in [0.15, 0.2) is 0 Å². The molecule has 1 atom stereocenters. The van der Waals surface area contributed by atoms with Crippen molar-refractivity contribution in [3.8, 4) is 0 Å². The number of nitrogens with one attached hydrogen (secondary N) is 1. The summed E-state index contributed by atoms with van der Waals surface area (Å²) in [6.45, 7) is 1.84. The summed E-state index contributed by atoms with van der Waals surface area (Å²) in [5.41, 5.74) is 1.23. The van der Waals surface area contributed by atoms with Crippen LogP contribution in [0.1, 0.15) is 28.9 Å². The SMILES string of the molecule is C[C@H](NC(=O)c1ccc(S(N)(=O)=O)cc1)c1cccc(Cl)c1. The number of sulfonamides is 1. The minimum absolute atomic E-state index is 0.0352. The molecule has 0 bridgehead atoms. The molecule has 0 unspecified atom stereocenters. The first kappa shape index (κ1) is 16.5. The van der Waals surface area contributed by atoms with Gasteiger partial charge in [-0.2, -0.15) is 0 Å². The molecule has 0 aliphatic carbocycles. The Hall–Kier alpha value is -1.89. The zero-order valence-electron chi connectivity index (χ0n) is 11.8. The molecule has 0 fully saturated rings. The summed E-state index contributed by atoms with van der Waals surface area (Å²) in [5.74, 6) is -0.312. The Morgan fingerprint density at radius 2 is 1.82 bits per heavy atom. The van der Waals surface area contributed by atoms with Crippen LogP contribution in [-0.4, -0.2) is 14.3 Å². The van der Waals surface area contributed by atoms with Crippen LogP contribution in [0, 0.1) is 0 Å². The minimum Gasteiger partial charge on any atom is -0.346 e. The van der Waals surface area contributed by atoms with Crippen molar-refractivity contribution in [1.82, 2.24) is 5.32 Å². The fourth-order valence-electron chi connectivity index (χ4n) is 1.94. The van der Waals surface area contributed by atoms with Gasteiger partial charge in [0.2, 0.25) is 10.0 Å². The summed E-state index contributed by atoms with van der Waals surface area (Å²) < 4.78 is 22.3. The van der Waals surface area contributed by atoms with E-state index in [1.807, 2.05) is 13.0 Å². The number of amides is 1. The molecule has 0 aliphatic rings. The quantitative estimate of drug-likeness (QED) is 0.897. The Morgan fingerprint density at radius 1 is 1.18 bits per heavy atom. The van der Waals surface area contributed by atoms with E-state index in [-0.39, 0.29) is 16.8 Å². The normalized spacial score (nSPS) is 12.7. The van der Waals surface area contributed by atoms with E-state index in [4.69, 9.17) is 16.7 Å². The zero-order chi connectivity index (χ0) is 16.3. The van der Waals surface area contributed by atoms with Crippen molar-refractivity contribution < 1.29 is 13.2 Å². The fourth-order valence-corrected chi connectivity index (χ4v) is 2.65. The van der Waals surface area contributed by atoms with Crippen molar-refractivity contribution in [2.24, 2.45) is 5.14 Å². The molecule has 22 heavy (non-hydrogen) atoms. The van der Waals surface area contributed by atoms with E-state index in [9.17, 15) is 13.2 Å². The van der Waals surface area contributed by atoms with Crippen LogP contribution in [0.15, 0.2) is 53.4 Å². The zero-order valence-corrected chi connectivity index (χ0v) is 13.4. The van der Waals surface area contributed by atoms with E-state index in [1.54, 1.807) is 18.2 Å². The summed E-state index contributed by atoms with van der Waals surface area (Å²) in [4.78, 5) is 12.1. The summed E-state index contributed by atoms with van der Waals surface area (Å²) >= 11 is 5.92. The Balaban J connectivity index is 2.12. The standard InChI is InChI=1S/C15H15ClN2O3S/c1-10(12-3-2-4-13(16)9-12)18-15(19)11-5-7-14(8-6-11)22(17,20)21/h2-10H,1H3,(H,18,19)(H2,17,20,21)/t10-/m0/s1. The third kappa shape index (κ3) is 4.07. The molecule has 1 amide bonds. The van der Waals surface area contributed by atoms with Gasteiger partial charge in [-0.25, -0.2) is 13.6 Å². The van der Waals surface area contributed by atoms with Gasteiger partial charge in [0, 0.05) is 10.6 Å². The number of carbonyl (C=O) groups excluding carboxylic acids is 1. The summed E-state index contributed by atoms with van der Waals surface area (Å²) in [7, 11) is -3.76. The molecule has 0 heterocycles. The van der Waals surface area contributed by atoms with Crippen molar-refractivity contribution in [1.29, 1.82) is 0 Å². The first-order chi connectivity index (χ1) is 10.3. The predicted molar refractivity (Wildman–Crippen MR) is 85.1 cm³/mol. The first-order valence-corrected chi connectivity index (χ1v) is 8.39. The number of rotatable bonds is 4. The number of hydrogen-bond donors (Lipinski definition) is 2. The van der Waals surface area contributed by atoms with E-state index in [1.165, 1.54) is 24.3 Å². The number of primary sulfonamides is 1. The highest BCUT2D eigenvalue weighted by Gasteiger charge is 2.13. The molecule has 2 aromatic carbocycles. The van der Waals surface area contributed by atoms with Gasteiger partial charge in [0.25, 0.3) is 5.91 Å². The number of hydrogen-bond acceptors (Lipinski definition) is 3. The van der Waals surface area contributed by atoms with E-state index >= 15 is 0 Å². The molecular formula is C15H15ClN2O3S. The molecule has 0 radical (unpaired) electrons. The van der Waals surface area contributed by atoms with Crippen LogP contribution in [0.5, 0.6) is 0 Å². The second-order valence-electron chi connectivity index (χ2n) is 4.82.